The molecule has 0 bridgehead atoms. The van der Waals surface area contributed by atoms with Crippen LogP contribution in [0.25, 0.3) is 6.08 Å². The number of halogens is 1. The van der Waals surface area contributed by atoms with Crippen molar-refractivity contribution in [1.29, 1.82) is 5.26 Å². The van der Waals surface area contributed by atoms with Crippen LogP contribution in [0, 0.1) is 11.3 Å². The van der Waals surface area contributed by atoms with Crippen LogP contribution >= 0.6 is 11.6 Å². The van der Waals surface area contributed by atoms with E-state index in [-0.39, 0.29) is 11.5 Å². The van der Waals surface area contributed by atoms with E-state index < -0.39 is 15.9 Å². The Hall–Kier alpha value is -3.08. The molecule has 1 heterocycles. The molecule has 27 heavy (non-hydrogen) atoms. The highest BCUT2D eigenvalue weighted by molar-refractivity contribution is 7.90. The second-order valence-electron chi connectivity index (χ2n) is 5.63. The second-order valence-corrected chi connectivity index (χ2v) is 7.75. The number of amides is 1. The summed E-state index contributed by atoms with van der Waals surface area (Å²) in [7, 11) is -4.02. The maximum absolute atomic E-state index is 12.2. The molecule has 2 aromatic carbocycles. The normalized spacial score (nSPS) is 13.3. The van der Waals surface area contributed by atoms with E-state index in [0.717, 1.165) is 11.6 Å². The zero-order chi connectivity index (χ0) is 19.4. The van der Waals surface area contributed by atoms with Crippen LogP contribution in [0.15, 0.2) is 65.1 Å². The Morgan fingerprint density at radius 1 is 1.22 bits per heavy atom. The Morgan fingerprint density at radius 3 is 2.67 bits per heavy atom. The Kier molecular flexibility index (Phi) is 5.31. The number of hydrogen-bond donors (Lipinski definition) is 1. The summed E-state index contributed by atoms with van der Waals surface area (Å²) in [5.74, 6) is -0.110. The summed E-state index contributed by atoms with van der Waals surface area (Å²) < 4.78 is 31.9. The molecule has 1 aliphatic rings. The van der Waals surface area contributed by atoms with Crippen LogP contribution in [-0.4, -0.2) is 20.9 Å². The van der Waals surface area contributed by atoms with Gasteiger partial charge in [-0.3, -0.25) is 4.79 Å². The molecular weight excluding hydrogens is 388 g/mol. The van der Waals surface area contributed by atoms with E-state index in [0.29, 0.717) is 21.9 Å². The molecule has 0 aliphatic carbocycles. The van der Waals surface area contributed by atoms with E-state index in [9.17, 15) is 13.2 Å². The van der Waals surface area contributed by atoms with Gasteiger partial charge in [0.05, 0.1) is 16.5 Å². The quantitative estimate of drug-likeness (QED) is 0.795. The highest BCUT2D eigenvalue weighted by Gasteiger charge is 2.16. The van der Waals surface area contributed by atoms with Gasteiger partial charge in [-0.15, -0.1) is 0 Å². The van der Waals surface area contributed by atoms with Crippen LogP contribution in [0.4, 0.5) is 0 Å². The highest BCUT2D eigenvalue weighted by atomic mass is 35.5. The van der Waals surface area contributed by atoms with E-state index in [1.165, 1.54) is 30.3 Å². The van der Waals surface area contributed by atoms with E-state index in [4.69, 9.17) is 21.6 Å². The predicted octanol–water partition coefficient (Wildman–Crippen LogP) is 3.05. The summed E-state index contributed by atoms with van der Waals surface area (Å²) >= 11 is 5.95. The molecule has 0 fully saturated rings. The minimum atomic E-state index is -4.02. The lowest BCUT2D eigenvalue weighted by Crippen LogP contribution is -2.29. The highest BCUT2D eigenvalue weighted by Crippen LogP contribution is 2.29. The number of fused-ring (bicyclic) bond motifs is 1. The molecule has 1 amide bonds. The van der Waals surface area contributed by atoms with Crippen molar-refractivity contribution in [3.8, 4) is 11.8 Å². The number of nitrogens with one attached hydrogen (secondary N) is 1. The lowest BCUT2D eigenvalue weighted by molar-refractivity contribution is -0.114. The number of hydrogen-bond acceptors (Lipinski definition) is 5. The smallest absolute Gasteiger partial charge is 0.264 e. The molecule has 6 nitrogen and oxygen atoms in total. The minimum Gasteiger partial charge on any atom is -0.488 e. The summed E-state index contributed by atoms with van der Waals surface area (Å²) in [6.45, 7) is 0.251. The number of rotatable bonds is 4. The minimum absolute atomic E-state index is 0.105. The number of benzene rings is 2. The fraction of sp³-hybridized carbons (Fsp3) is 0.0526. The third-order valence-electron chi connectivity index (χ3n) is 3.68. The van der Waals surface area contributed by atoms with Gasteiger partial charge in [0.2, 0.25) is 0 Å². The average Bonchev–Trinajstić information content (AvgIpc) is 2.65. The molecule has 2 aromatic rings. The van der Waals surface area contributed by atoms with Gasteiger partial charge >= 0.3 is 0 Å². The summed E-state index contributed by atoms with van der Waals surface area (Å²) in [5.41, 5.74) is 1.79. The van der Waals surface area contributed by atoms with Crippen molar-refractivity contribution in [2.24, 2.45) is 0 Å². The van der Waals surface area contributed by atoms with Gasteiger partial charge in [0.15, 0.2) is 0 Å². The molecule has 0 saturated carbocycles. The van der Waals surface area contributed by atoms with Gasteiger partial charge in [0.1, 0.15) is 12.4 Å². The Labute approximate surface area is 161 Å². The lowest BCUT2D eigenvalue weighted by atomic mass is 10.1. The van der Waals surface area contributed by atoms with Crippen molar-refractivity contribution in [3.63, 3.8) is 0 Å². The Morgan fingerprint density at radius 2 is 1.96 bits per heavy atom. The molecule has 0 aromatic heterocycles. The second kappa shape index (κ2) is 7.66. The van der Waals surface area contributed by atoms with Crippen LogP contribution in [-0.2, 0) is 14.8 Å². The fourth-order valence-electron chi connectivity index (χ4n) is 2.38. The first-order valence-electron chi connectivity index (χ1n) is 7.75. The van der Waals surface area contributed by atoms with Crippen LogP contribution in [0.1, 0.15) is 11.1 Å². The molecule has 0 unspecified atom stereocenters. The Balaban J connectivity index is 1.71. The van der Waals surface area contributed by atoms with Crippen LogP contribution in [0.3, 0.4) is 0 Å². The van der Waals surface area contributed by atoms with E-state index in [1.54, 1.807) is 18.2 Å². The number of nitrogens with zero attached hydrogens (tertiary/aromatic N) is 1. The number of carbonyl (C=O) groups is 1. The lowest BCUT2D eigenvalue weighted by Gasteiger charge is -2.16. The number of sulfonamides is 1. The number of carbonyl (C=O) groups excluding carboxylic acids is 1. The molecule has 0 spiro atoms. The van der Waals surface area contributed by atoms with E-state index in [2.05, 4.69) is 0 Å². The molecule has 3 rings (SSSR count). The van der Waals surface area contributed by atoms with Crippen molar-refractivity contribution in [2.75, 3.05) is 6.61 Å². The molecule has 136 valence electrons. The van der Waals surface area contributed by atoms with Crippen molar-refractivity contribution >= 4 is 33.6 Å². The van der Waals surface area contributed by atoms with Gasteiger partial charge in [0.25, 0.3) is 15.9 Å². The monoisotopic (exact) mass is 400 g/mol. The van der Waals surface area contributed by atoms with E-state index in [1.807, 2.05) is 16.9 Å². The van der Waals surface area contributed by atoms with Crippen molar-refractivity contribution in [2.45, 2.75) is 4.90 Å². The maximum atomic E-state index is 12.2. The third-order valence-corrected chi connectivity index (χ3v) is 5.28. The Bertz CT molecular complexity index is 1100. The van der Waals surface area contributed by atoms with Crippen LogP contribution < -0.4 is 9.46 Å². The van der Waals surface area contributed by atoms with Crippen LogP contribution in [0.2, 0.25) is 5.02 Å². The van der Waals surface area contributed by atoms with Crippen molar-refractivity contribution < 1.29 is 17.9 Å². The average molecular weight is 401 g/mol. The summed E-state index contributed by atoms with van der Waals surface area (Å²) in [4.78, 5) is 11.9. The SMILES string of the molecule is N#Cc1ccc(S(=O)(=O)NC(=O)/C=C/C2=Cc3cc(Cl)ccc3OC2)cc1. The molecule has 0 saturated heterocycles. The zero-order valence-corrected chi connectivity index (χ0v) is 15.4. The van der Waals surface area contributed by atoms with Crippen molar-refractivity contribution in [3.05, 3.63) is 76.3 Å². The van der Waals surface area contributed by atoms with Crippen LogP contribution in [0.5, 0.6) is 5.75 Å². The largest absolute Gasteiger partial charge is 0.488 e. The summed E-state index contributed by atoms with van der Waals surface area (Å²) in [5, 5.41) is 9.31. The zero-order valence-electron chi connectivity index (χ0n) is 13.8. The van der Waals surface area contributed by atoms with Gasteiger partial charge in [-0.1, -0.05) is 17.7 Å². The first kappa shape index (κ1) is 18.7. The van der Waals surface area contributed by atoms with Gasteiger partial charge in [-0.2, -0.15) is 5.26 Å². The molecular formula is C19H13ClN2O4S. The maximum Gasteiger partial charge on any atom is 0.264 e. The predicted molar refractivity (Wildman–Crippen MR) is 101 cm³/mol. The summed E-state index contributed by atoms with van der Waals surface area (Å²) in [6.07, 6.45) is 4.41. The summed E-state index contributed by atoms with van der Waals surface area (Å²) in [6, 6.07) is 12.3. The molecule has 0 atom stereocenters. The molecule has 1 N–H and O–H groups in total. The standard InChI is InChI=1S/C19H13ClN2O4S/c20-16-4-7-18-15(10-16)9-14(12-26-18)3-8-19(23)22-27(24,25)17-5-1-13(11-21)2-6-17/h1-10H,12H2,(H,22,23)/b8-3+. The van der Waals surface area contributed by atoms with Crippen molar-refractivity contribution in [1.82, 2.24) is 4.72 Å². The topological polar surface area (TPSA) is 96.3 Å². The van der Waals surface area contributed by atoms with Gasteiger partial charge < -0.3 is 4.74 Å². The molecule has 8 heteroatoms. The van der Waals surface area contributed by atoms with Gasteiger partial charge in [-0.05, 0) is 54.1 Å². The fourth-order valence-corrected chi connectivity index (χ4v) is 3.50. The van der Waals surface area contributed by atoms with Gasteiger partial charge in [0, 0.05) is 16.7 Å². The first-order chi connectivity index (χ1) is 12.9. The first-order valence-corrected chi connectivity index (χ1v) is 9.61. The number of nitriles is 1. The molecule has 1 aliphatic heterocycles. The number of ether oxygens (including phenoxy) is 1. The van der Waals surface area contributed by atoms with Gasteiger partial charge in [-0.25, -0.2) is 13.1 Å². The molecule has 0 radical (unpaired) electrons. The third kappa shape index (κ3) is 4.56. The van der Waals surface area contributed by atoms with E-state index >= 15 is 0 Å².